The van der Waals surface area contributed by atoms with Gasteiger partial charge in [-0.1, -0.05) is 0 Å². The molecule has 0 aliphatic carbocycles. The number of rotatable bonds is 13. The molecular weight excluding hydrogens is 262 g/mol. The molecule has 1 amide bonds. The number of carboxylic acid groups (broad SMARTS) is 1. The molecule has 0 aliphatic heterocycles. The fourth-order valence-corrected chi connectivity index (χ4v) is 1.52. The zero-order valence-corrected chi connectivity index (χ0v) is 12.2. The number of hydrogen-bond donors (Lipinski definition) is 4. The topological polar surface area (TPSA) is 99.7 Å². The average Bonchev–Trinajstić information content (AvgIpc) is 2.43. The Balaban J connectivity index is 3.06. The number of hydrogen-bond acceptors (Lipinski definition) is 5. The van der Waals surface area contributed by atoms with Crippen molar-refractivity contribution in [2.75, 3.05) is 39.5 Å². The van der Waals surface area contributed by atoms with Crippen LogP contribution in [0, 0.1) is 0 Å². The molecule has 0 rings (SSSR count). The van der Waals surface area contributed by atoms with Crippen molar-refractivity contribution in [3.8, 4) is 0 Å². The van der Waals surface area contributed by atoms with E-state index in [4.69, 9.17) is 9.84 Å². The van der Waals surface area contributed by atoms with Crippen LogP contribution in [0.3, 0.4) is 0 Å². The molecule has 118 valence electrons. The summed E-state index contributed by atoms with van der Waals surface area (Å²) in [5, 5.41) is 17.2. The Kier molecular flexibility index (Phi) is 13.4. The summed E-state index contributed by atoms with van der Waals surface area (Å²) in [4.78, 5) is 20.9. The lowest BCUT2D eigenvalue weighted by molar-refractivity contribution is -0.150. The molecule has 0 aromatic rings. The summed E-state index contributed by atoms with van der Waals surface area (Å²) in [6.07, 6.45) is 3.83. The van der Waals surface area contributed by atoms with Crippen molar-refractivity contribution in [1.29, 1.82) is 0 Å². The molecule has 0 saturated heterocycles. The number of nitrogens with one attached hydrogen (secondary N) is 3. The molecule has 0 bridgehead atoms. The third-order valence-electron chi connectivity index (χ3n) is 2.61. The lowest BCUT2D eigenvalue weighted by atomic mass is 10.3. The second-order valence-corrected chi connectivity index (χ2v) is 4.35. The van der Waals surface area contributed by atoms with E-state index in [1.807, 2.05) is 6.92 Å². The predicted molar refractivity (Wildman–Crippen MR) is 76.5 cm³/mol. The van der Waals surface area contributed by atoms with E-state index in [0.29, 0.717) is 6.54 Å². The minimum Gasteiger partial charge on any atom is -0.474 e. The molecule has 0 aliphatic rings. The molecule has 20 heavy (non-hydrogen) atoms. The van der Waals surface area contributed by atoms with E-state index < -0.39 is 11.9 Å². The maximum atomic E-state index is 10.7. The Labute approximate surface area is 120 Å². The molecule has 0 atom stereocenters. The highest BCUT2D eigenvalue weighted by Crippen LogP contribution is 1.88. The van der Waals surface area contributed by atoms with Crippen LogP contribution in [0.1, 0.15) is 32.6 Å². The number of carbonyl (C=O) groups is 2. The molecule has 0 aromatic heterocycles. The van der Waals surface area contributed by atoms with E-state index in [0.717, 1.165) is 58.7 Å². The number of ether oxygens (including phenoxy) is 1. The summed E-state index contributed by atoms with van der Waals surface area (Å²) in [5.74, 6) is -2.37. The molecule has 0 radical (unpaired) electrons. The highest BCUT2D eigenvalue weighted by atomic mass is 16.5. The average molecular weight is 289 g/mol. The summed E-state index contributed by atoms with van der Waals surface area (Å²) in [7, 11) is 0. The molecule has 0 saturated carbocycles. The van der Waals surface area contributed by atoms with Gasteiger partial charge in [0, 0.05) is 26.4 Å². The van der Waals surface area contributed by atoms with Crippen LogP contribution in [0.2, 0.25) is 0 Å². The number of unbranched alkanes of at least 4 members (excludes halogenated alkanes) is 2. The second kappa shape index (κ2) is 14.2. The first-order valence-corrected chi connectivity index (χ1v) is 7.18. The summed E-state index contributed by atoms with van der Waals surface area (Å²) in [6.45, 7) is 6.57. The Bertz CT molecular complexity index is 262. The van der Waals surface area contributed by atoms with Crippen molar-refractivity contribution in [2.45, 2.75) is 32.6 Å². The highest BCUT2D eigenvalue weighted by Gasteiger charge is 2.08. The van der Waals surface area contributed by atoms with Crippen LogP contribution in [0.15, 0.2) is 0 Å². The standard InChI is InChI=1S/C13H27N3O4/c1-2-20-10-6-5-8-15-11-14-7-3-4-9-16-12(17)13(18)19/h14-15H,2-11H2,1H3,(H,16,17)(H,18,19). The van der Waals surface area contributed by atoms with Crippen molar-refractivity contribution in [2.24, 2.45) is 0 Å². The number of aliphatic carboxylic acids is 1. The molecule has 0 spiro atoms. The molecule has 4 N–H and O–H groups in total. The second-order valence-electron chi connectivity index (χ2n) is 4.35. The summed E-state index contributed by atoms with van der Waals surface area (Å²) in [6, 6.07) is 0. The third-order valence-corrected chi connectivity index (χ3v) is 2.61. The van der Waals surface area contributed by atoms with Crippen LogP contribution in [0.4, 0.5) is 0 Å². The summed E-state index contributed by atoms with van der Waals surface area (Å²) >= 11 is 0. The van der Waals surface area contributed by atoms with E-state index >= 15 is 0 Å². The number of amides is 1. The minimum absolute atomic E-state index is 0.400. The maximum Gasteiger partial charge on any atom is 0.394 e. The van der Waals surface area contributed by atoms with E-state index in [2.05, 4.69) is 16.0 Å². The number of carboxylic acids is 1. The Morgan fingerprint density at radius 3 is 2.20 bits per heavy atom. The van der Waals surface area contributed by atoms with Gasteiger partial charge in [0.05, 0.1) is 0 Å². The van der Waals surface area contributed by atoms with Gasteiger partial charge < -0.3 is 25.8 Å². The Hall–Kier alpha value is -1.18. The van der Waals surface area contributed by atoms with Crippen molar-refractivity contribution in [1.82, 2.24) is 16.0 Å². The predicted octanol–water partition coefficient (Wildman–Crippen LogP) is -0.0792. The summed E-state index contributed by atoms with van der Waals surface area (Å²) in [5.41, 5.74) is 0. The fourth-order valence-electron chi connectivity index (χ4n) is 1.52. The van der Waals surface area contributed by atoms with Gasteiger partial charge in [0.2, 0.25) is 0 Å². The quantitative estimate of drug-likeness (QED) is 0.215. The van der Waals surface area contributed by atoms with Gasteiger partial charge in [-0.25, -0.2) is 4.79 Å². The zero-order chi connectivity index (χ0) is 15.1. The monoisotopic (exact) mass is 289 g/mol. The Morgan fingerprint density at radius 2 is 1.60 bits per heavy atom. The molecule has 0 heterocycles. The highest BCUT2D eigenvalue weighted by molar-refractivity contribution is 6.31. The van der Waals surface area contributed by atoms with Gasteiger partial charge in [-0.3, -0.25) is 4.79 Å². The van der Waals surface area contributed by atoms with E-state index in [1.165, 1.54) is 0 Å². The van der Waals surface area contributed by atoms with Crippen LogP contribution in [-0.4, -0.2) is 56.5 Å². The molecule has 7 nitrogen and oxygen atoms in total. The Morgan fingerprint density at radius 1 is 1.00 bits per heavy atom. The van der Waals surface area contributed by atoms with Crippen LogP contribution < -0.4 is 16.0 Å². The van der Waals surface area contributed by atoms with Crippen molar-refractivity contribution in [3.63, 3.8) is 0 Å². The first-order chi connectivity index (χ1) is 9.68. The molecule has 7 heteroatoms. The van der Waals surface area contributed by atoms with Crippen molar-refractivity contribution >= 4 is 11.9 Å². The smallest absolute Gasteiger partial charge is 0.394 e. The zero-order valence-electron chi connectivity index (χ0n) is 12.2. The molecule has 0 unspecified atom stereocenters. The van der Waals surface area contributed by atoms with Gasteiger partial charge in [-0.2, -0.15) is 0 Å². The SMILES string of the molecule is CCOCCCCNCNCCCCNC(=O)C(=O)O. The molecular formula is C13H27N3O4. The van der Waals surface area contributed by atoms with E-state index in [9.17, 15) is 9.59 Å². The summed E-state index contributed by atoms with van der Waals surface area (Å²) < 4.78 is 5.24. The maximum absolute atomic E-state index is 10.7. The van der Waals surface area contributed by atoms with Crippen LogP contribution in [-0.2, 0) is 14.3 Å². The van der Waals surface area contributed by atoms with Gasteiger partial charge in [0.25, 0.3) is 0 Å². The van der Waals surface area contributed by atoms with Gasteiger partial charge in [-0.15, -0.1) is 0 Å². The van der Waals surface area contributed by atoms with Gasteiger partial charge in [0.1, 0.15) is 0 Å². The molecule has 0 aromatic carbocycles. The third kappa shape index (κ3) is 13.3. The van der Waals surface area contributed by atoms with E-state index in [-0.39, 0.29) is 0 Å². The van der Waals surface area contributed by atoms with Crippen molar-refractivity contribution in [3.05, 3.63) is 0 Å². The first kappa shape index (κ1) is 18.8. The largest absolute Gasteiger partial charge is 0.474 e. The first-order valence-electron chi connectivity index (χ1n) is 7.18. The fraction of sp³-hybridized carbons (Fsp3) is 0.846. The lowest BCUT2D eigenvalue weighted by Gasteiger charge is -2.07. The van der Waals surface area contributed by atoms with E-state index in [1.54, 1.807) is 0 Å². The van der Waals surface area contributed by atoms with Crippen LogP contribution in [0.25, 0.3) is 0 Å². The lowest BCUT2D eigenvalue weighted by Crippen LogP contribution is -2.32. The number of carbonyl (C=O) groups excluding carboxylic acids is 1. The van der Waals surface area contributed by atoms with Gasteiger partial charge in [-0.05, 0) is 45.7 Å². The minimum atomic E-state index is -1.43. The van der Waals surface area contributed by atoms with Gasteiger partial charge in [0.15, 0.2) is 0 Å². The van der Waals surface area contributed by atoms with Crippen molar-refractivity contribution < 1.29 is 19.4 Å². The molecule has 0 fully saturated rings. The van der Waals surface area contributed by atoms with Crippen LogP contribution in [0.5, 0.6) is 0 Å². The van der Waals surface area contributed by atoms with Crippen LogP contribution >= 0.6 is 0 Å². The van der Waals surface area contributed by atoms with Gasteiger partial charge >= 0.3 is 11.9 Å². The normalized spacial score (nSPS) is 10.4.